The molecular weight excluding hydrogens is 452 g/mol. The Bertz CT molecular complexity index is 910. The summed E-state index contributed by atoms with van der Waals surface area (Å²) in [6, 6.07) is 7.27. The summed E-state index contributed by atoms with van der Waals surface area (Å²) in [7, 11) is 1.15. The monoisotopic (exact) mass is 466 g/mol. The summed E-state index contributed by atoms with van der Waals surface area (Å²) >= 11 is 11.8. The molecule has 0 saturated carbocycles. The highest BCUT2D eigenvalue weighted by Gasteiger charge is 2.32. The van der Waals surface area contributed by atoms with Crippen LogP contribution < -0.4 is 9.47 Å². The smallest absolute Gasteiger partial charge is 0.416 e. The molecule has 11 heteroatoms. The molecule has 1 atom stereocenters. The first-order valence-electron chi connectivity index (χ1n) is 8.25. The van der Waals surface area contributed by atoms with Gasteiger partial charge in [-0.05, 0) is 31.2 Å². The van der Waals surface area contributed by atoms with Crippen molar-refractivity contribution in [3.8, 4) is 17.2 Å². The largest absolute Gasteiger partial charge is 0.479 e. The van der Waals surface area contributed by atoms with E-state index in [1.807, 2.05) is 0 Å². The van der Waals surface area contributed by atoms with E-state index < -0.39 is 36.4 Å². The van der Waals surface area contributed by atoms with Crippen LogP contribution in [0.4, 0.5) is 13.2 Å². The van der Waals surface area contributed by atoms with Crippen molar-refractivity contribution in [2.45, 2.75) is 19.2 Å². The molecule has 30 heavy (non-hydrogen) atoms. The van der Waals surface area contributed by atoms with E-state index in [1.54, 1.807) is 0 Å². The molecule has 162 valence electrons. The van der Waals surface area contributed by atoms with Crippen LogP contribution in [-0.2, 0) is 25.2 Å². The van der Waals surface area contributed by atoms with E-state index >= 15 is 0 Å². The Kier molecular flexibility index (Phi) is 7.80. The molecule has 0 aliphatic carbocycles. The summed E-state index contributed by atoms with van der Waals surface area (Å²) in [5.74, 6) is -1.37. The number of methoxy groups -OCH3 is 1. The second-order valence-electron chi connectivity index (χ2n) is 5.79. The molecule has 0 bridgehead atoms. The van der Waals surface area contributed by atoms with Crippen LogP contribution in [-0.4, -0.2) is 31.8 Å². The number of hydrogen-bond acceptors (Lipinski definition) is 6. The lowest BCUT2D eigenvalue weighted by molar-refractivity contribution is -0.161. The van der Waals surface area contributed by atoms with Crippen molar-refractivity contribution in [3.05, 3.63) is 52.0 Å². The Labute approximate surface area is 179 Å². The van der Waals surface area contributed by atoms with Crippen LogP contribution >= 0.6 is 23.2 Å². The highest BCUT2D eigenvalue weighted by molar-refractivity contribution is 6.37. The van der Waals surface area contributed by atoms with Gasteiger partial charge in [-0.25, -0.2) is 9.59 Å². The molecule has 0 saturated heterocycles. The van der Waals surface area contributed by atoms with Crippen molar-refractivity contribution in [3.63, 3.8) is 0 Å². The van der Waals surface area contributed by atoms with Crippen LogP contribution in [0, 0.1) is 0 Å². The third-order valence-corrected chi connectivity index (χ3v) is 4.12. The molecule has 0 heterocycles. The first-order chi connectivity index (χ1) is 14.0. The number of carbonyl (C=O) groups is 2. The molecule has 2 rings (SSSR count). The highest BCUT2D eigenvalue weighted by Crippen LogP contribution is 2.42. The SMILES string of the molecule is COC(=O)COC(=O)C(C)Oc1cccc(Oc2c(Cl)cc(C(F)(F)F)cc2Cl)c1. The summed E-state index contributed by atoms with van der Waals surface area (Å²) < 4.78 is 58.5. The van der Waals surface area contributed by atoms with Crippen molar-refractivity contribution in [2.75, 3.05) is 13.7 Å². The lowest BCUT2D eigenvalue weighted by Crippen LogP contribution is -2.28. The molecule has 0 aromatic heterocycles. The van der Waals surface area contributed by atoms with Gasteiger partial charge in [-0.15, -0.1) is 0 Å². The first-order valence-corrected chi connectivity index (χ1v) is 9.01. The molecule has 0 spiro atoms. The lowest BCUT2D eigenvalue weighted by Gasteiger charge is -2.16. The summed E-state index contributed by atoms with van der Waals surface area (Å²) in [5, 5.41) is -0.665. The molecule has 1 unspecified atom stereocenters. The molecule has 0 N–H and O–H groups in total. The van der Waals surface area contributed by atoms with Crippen LogP contribution in [0.5, 0.6) is 17.2 Å². The molecule has 0 aliphatic rings. The number of carbonyl (C=O) groups excluding carboxylic acids is 2. The number of rotatable bonds is 7. The Morgan fingerprint density at radius 1 is 1.07 bits per heavy atom. The van der Waals surface area contributed by atoms with Gasteiger partial charge in [-0.3, -0.25) is 0 Å². The molecule has 0 fully saturated rings. The van der Waals surface area contributed by atoms with E-state index in [2.05, 4.69) is 4.74 Å². The van der Waals surface area contributed by atoms with Gasteiger partial charge in [0.1, 0.15) is 11.5 Å². The molecule has 0 amide bonds. The Morgan fingerprint density at radius 3 is 2.23 bits per heavy atom. The van der Waals surface area contributed by atoms with Gasteiger partial charge in [-0.2, -0.15) is 13.2 Å². The van der Waals surface area contributed by atoms with Crippen molar-refractivity contribution in [1.29, 1.82) is 0 Å². The Hall–Kier alpha value is -2.65. The van der Waals surface area contributed by atoms with Crippen molar-refractivity contribution in [1.82, 2.24) is 0 Å². The van der Waals surface area contributed by atoms with E-state index in [1.165, 1.54) is 31.2 Å². The average molecular weight is 467 g/mol. The van der Waals surface area contributed by atoms with E-state index in [0.29, 0.717) is 12.1 Å². The maximum absolute atomic E-state index is 12.8. The van der Waals surface area contributed by atoms with Crippen LogP contribution in [0.1, 0.15) is 12.5 Å². The van der Waals surface area contributed by atoms with Crippen LogP contribution in [0.25, 0.3) is 0 Å². The maximum Gasteiger partial charge on any atom is 0.416 e. The van der Waals surface area contributed by atoms with Crippen molar-refractivity contribution < 1.29 is 41.7 Å². The minimum atomic E-state index is -4.61. The quantitative estimate of drug-likeness (QED) is 0.516. The number of benzene rings is 2. The maximum atomic E-state index is 12.8. The van der Waals surface area contributed by atoms with Gasteiger partial charge in [0.2, 0.25) is 0 Å². The third kappa shape index (κ3) is 6.43. The van der Waals surface area contributed by atoms with Gasteiger partial charge in [0.25, 0.3) is 0 Å². The number of esters is 2. The molecule has 0 aliphatic heterocycles. The first kappa shape index (κ1) is 23.6. The van der Waals surface area contributed by atoms with E-state index in [9.17, 15) is 22.8 Å². The van der Waals surface area contributed by atoms with Crippen molar-refractivity contribution in [2.24, 2.45) is 0 Å². The van der Waals surface area contributed by atoms with E-state index in [-0.39, 0.29) is 27.3 Å². The third-order valence-electron chi connectivity index (χ3n) is 3.56. The molecule has 0 radical (unpaired) electrons. The van der Waals surface area contributed by atoms with Gasteiger partial charge in [0.05, 0.1) is 22.7 Å². The average Bonchev–Trinajstić information content (AvgIpc) is 2.67. The summed E-state index contributed by atoms with van der Waals surface area (Å²) in [6.45, 7) is 0.841. The van der Waals surface area contributed by atoms with Gasteiger partial charge in [0, 0.05) is 6.07 Å². The topological polar surface area (TPSA) is 71.1 Å². The van der Waals surface area contributed by atoms with Crippen LogP contribution in [0.3, 0.4) is 0 Å². The Balaban J connectivity index is 2.11. The van der Waals surface area contributed by atoms with Crippen molar-refractivity contribution >= 4 is 35.1 Å². The fourth-order valence-corrected chi connectivity index (χ4v) is 2.67. The zero-order valence-electron chi connectivity index (χ0n) is 15.6. The van der Waals surface area contributed by atoms with Gasteiger partial charge in [0.15, 0.2) is 18.5 Å². The summed E-state index contributed by atoms with van der Waals surface area (Å²) in [4.78, 5) is 22.8. The van der Waals surface area contributed by atoms with Gasteiger partial charge >= 0.3 is 18.1 Å². The highest BCUT2D eigenvalue weighted by atomic mass is 35.5. The number of halogens is 5. The minimum Gasteiger partial charge on any atom is -0.479 e. The van der Waals surface area contributed by atoms with Gasteiger partial charge in [-0.1, -0.05) is 29.3 Å². The van der Waals surface area contributed by atoms with Gasteiger partial charge < -0.3 is 18.9 Å². The lowest BCUT2D eigenvalue weighted by atomic mass is 10.2. The van der Waals surface area contributed by atoms with E-state index in [0.717, 1.165) is 7.11 Å². The summed E-state index contributed by atoms with van der Waals surface area (Å²) in [6.07, 6.45) is -5.68. The molecule has 2 aromatic rings. The van der Waals surface area contributed by atoms with Crippen LogP contribution in [0.15, 0.2) is 36.4 Å². The fourth-order valence-electron chi connectivity index (χ4n) is 2.11. The van der Waals surface area contributed by atoms with E-state index in [4.69, 9.17) is 37.4 Å². The molecular formula is C19H15Cl2F3O6. The zero-order chi connectivity index (χ0) is 22.5. The predicted octanol–water partition coefficient (Wildman–Crippen LogP) is 5.29. The minimum absolute atomic E-state index is 0.145. The fraction of sp³-hybridized carbons (Fsp3) is 0.263. The normalized spacial score (nSPS) is 12.1. The van der Waals surface area contributed by atoms with Crippen LogP contribution in [0.2, 0.25) is 10.0 Å². The number of ether oxygens (including phenoxy) is 4. The number of alkyl halides is 3. The zero-order valence-corrected chi connectivity index (χ0v) is 17.1. The Morgan fingerprint density at radius 2 is 1.67 bits per heavy atom. The molecule has 6 nitrogen and oxygen atoms in total. The molecule has 2 aromatic carbocycles. The second kappa shape index (κ2) is 9.90. The summed E-state index contributed by atoms with van der Waals surface area (Å²) in [5.41, 5.74) is -1.01. The predicted molar refractivity (Wildman–Crippen MR) is 101 cm³/mol. The second-order valence-corrected chi connectivity index (χ2v) is 6.60. The number of hydrogen-bond donors (Lipinski definition) is 0. The standard InChI is InChI=1S/C19H15Cl2F3O6/c1-10(18(26)28-9-16(25)27-2)29-12-4-3-5-13(8-12)30-17-14(20)6-11(7-15(17)21)19(22,23)24/h3-8,10H,9H2,1-2H3.